The number of thiophene rings is 1. The van der Waals surface area contributed by atoms with Gasteiger partial charge in [-0.15, -0.1) is 17.8 Å². The van der Waals surface area contributed by atoms with Crippen LogP contribution in [0.25, 0.3) is 5.70 Å². The van der Waals surface area contributed by atoms with E-state index in [-0.39, 0.29) is 5.91 Å². The normalized spacial score (nSPS) is 18.2. The maximum absolute atomic E-state index is 11.6. The number of nitrogens with one attached hydrogen (secondary N) is 1. The van der Waals surface area contributed by atoms with E-state index in [9.17, 15) is 4.79 Å². The van der Waals surface area contributed by atoms with Crippen LogP contribution in [0.15, 0.2) is 18.2 Å². The number of rotatable bonds is 1. The molecule has 0 bridgehead atoms. The first-order valence-corrected chi connectivity index (χ1v) is 5.46. The van der Waals surface area contributed by atoms with Crippen LogP contribution in [0.4, 0.5) is 0 Å². The van der Waals surface area contributed by atoms with Gasteiger partial charge in [-0.3, -0.25) is 4.79 Å². The van der Waals surface area contributed by atoms with Crippen LogP contribution >= 0.6 is 11.3 Å². The smallest absolute Gasteiger partial charge is 0.233 e. The van der Waals surface area contributed by atoms with E-state index in [2.05, 4.69) is 11.2 Å². The Morgan fingerprint density at radius 2 is 2.20 bits per heavy atom. The maximum atomic E-state index is 11.6. The van der Waals surface area contributed by atoms with Crippen LogP contribution in [0.3, 0.4) is 0 Å². The Morgan fingerprint density at radius 1 is 1.47 bits per heavy atom. The van der Waals surface area contributed by atoms with Crippen molar-refractivity contribution in [2.24, 2.45) is 5.41 Å². The highest BCUT2D eigenvalue weighted by atomic mass is 32.1. The van der Waals surface area contributed by atoms with E-state index in [4.69, 9.17) is 6.42 Å². The summed E-state index contributed by atoms with van der Waals surface area (Å²) in [6.07, 6.45) is 7.24. The number of terminal acetylenes is 1. The van der Waals surface area contributed by atoms with Crippen LogP contribution in [-0.2, 0) is 4.79 Å². The summed E-state index contributed by atoms with van der Waals surface area (Å²) in [6.45, 7) is 3.79. The van der Waals surface area contributed by atoms with Gasteiger partial charge in [-0.2, -0.15) is 0 Å². The predicted molar refractivity (Wildman–Crippen MR) is 62.2 cm³/mol. The minimum atomic E-state index is -0.421. The second-order valence-electron chi connectivity index (χ2n) is 4.04. The summed E-state index contributed by atoms with van der Waals surface area (Å²) in [5.41, 5.74) is 0.451. The summed E-state index contributed by atoms with van der Waals surface area (Å²) >= 11 is 1.51. The third-order valence-electron chi connectivity index (χ3n) is 2.35. The average molecular weight is 217 g/mol. The van der Waals surface area contributed by atoms with Crippen molar-refractivity contribution in [1.82, 2.24) is 5.32 Å². The highest BCUT2D eigenvalue weighted by Gasteiger charge is 2.32. The monoisotopic (exact) mass is 217 g/mol. The number of amides is 1. The number of hydrogen-bond donors (Lipinski definition) is 1. The molecule has 76 valence electrons. The molecular weight excluding hydrogens is 206 g/mol. The van der Waals surface area contributed by atoms with Crippen molar-refractivity contribution in [3.8, 4) is 12.3 Å². The van der Waals surface area contributed by atoms with Crippen molar-refractivity contribution < 1.29 is 4.79 Å². The Bertz CT molecular complexity index is 488. The number of carbonyl (C=O) groups excluding carboxylic acids is 1. The van der Waals surface area contributed by atoms with E-state index >= 15 is 0 Å². The summed E-state index contributed by atoms with van der Waals surface area (Å²) in [7, 11) is 0. The zero-order valence-electron chi connectivity index (χ0n) is 8.63. The fraction of sp³-hybridized carbons (Fsp3) is 0.250. The Kier molecular flexibility index (Phi) is 2.17. The molecule has 2 nitrogen and oxygen atoms in total. The van der Waals surface area contributed by atoms with Gasteiger partial charge < -0.3 is 5.32 Å². The molecular formula is C12H11NOS. The molecule has 2 heterocycles. The molecule has 0 aliphatic carbocycles. The van der Waals surface area contributed by atoms with Gasteiger partial charge in [0.2, 0.25) is 5.91 Å². The van der Waals surface area contributed by atoms with Gasteiger partial charge in [0.1, 0.15) is 0 Å². The van der Waals surface area contributed by atoms with Gasteiger partial charge >= 0.3 is 0 Å². The second kappa shape index (κ2) is 3.25. The predicted octanol–water partition coefficient (Wildman–Crippen LogP) is 2.23. The zero-order chi connectivity index (χ0) is 11.1. The minimum Gasteiger partial charge on any atom is -0.324 e. The fourth-order valence-corrected chi connectivity index (χ4v) is 2.23. The molecule has 1 aromatic heterocycles. The molecule has 1 amide bonds. The van der Waals surface area contributed by atoms with E-state index in [1.165, 1.54) is 11.3 Å². The summed E-state index contributed by atoms with van der Waals surface area (Å²) in [4.78, 5) is 13.5. The highest BCUT2D eigenvalue weighted by molar-refractivity contribution is 7.13. The van der Waals surface area contributed by atoms with Gasteiger partial charge in [0.05, 0.1) is 20.9 Å². The van der Waals surface area contributed by atoms with E-state index < -0.39 is 5.41 Å². The molecule has 1 aromatic rings. The average Bonchev–Trinajstić information content (AvgIpc) is 2.72. The molecule has 0 spiro atoms. The molecule has 1 aliphatic heterocycles. The zero-order valence-corrected chi connectivity index (χ0v) is 9.44. The maximum Gasteiger partial charge on any atom is 0.233 e. The van der Waals surface area contributed by atoms with Crippen molar-refractivity contribution in [2.45, 2.75) is 13.8 Å². The third kappa shape index (κ3) is 1.69. The van der Waals surface area contributed by atoms with E-state index in [0.29, 0.717) is 0 Å². The fourth-order valence-electron chi connectivity index (χ4n) is 1.44. The lowest BCUT2D eigenvalue weighted by atomic mass is 9.94. The van der Waals surface area contributed by atoms with Crippen LogP contribution in [-0.4, -0.2) is 5.91 Å². The Labute approximate surface area is 93.0 Å². The first-order valence-electron chi connectivity index (χ1n) is 4.64. The molecule has 0 atom stereocenters. The Balaban J connectivity index is 2.35. The van der Waals surface area contributed by atoms with Gasteiger partial charge in [-0.25, -0.2) is 0 Å². The van der Waals surface area contributed by atoms with Crippen molar-refractivity contribution >= 4 is 22.9 Å². The summed E-state index contributed by atoms with van der Waals surface area (Å²) in [5.74, 6) is 2.62. The molecule has 0 saturated carbocycles. The minimum absolute atomic E-state index is 0.0353. The van der Waals surface area contributed by atoms with E-state index in [0.717, 1.165) is 15.5 Å². The van der Waals surface area contributed by atoms with Crippen LogP contribution in [0.5, 0.6) is 0 Å². The molecule has 15 heavy (non-hydrogen) atoms. The van der Waals surface area contributed by atoms with E-state index in [1.54, 1.807) is 0 Å². The largest absolute Gasteiger partial charge is 0.324 e. The van der Waals surface area contributed by atoms with Gasteiger partial charge in [0.25, 0.3) is 0 Å². The van der Waals surface area contributed by atoms with Crippen molar-refractivity contribution in [1.29, 1.82) is 0 Å². The lowest BCUT2D eigenvalue weighted by Crippen LogP contribution is -2.26. The molecule has 0 saturated heterocycles. The molecule has 1 aliphatic rings. The molecule has 1 N–H and O–H groups in total. The summed E-state index contributed by atoms with van der Waals surface area (Å²) in [5, 5.41) is 2.86. The summed E-state index contributed by atoms with van der Waals surface area (Å²) in [6, 6.07) is 3.83. The van der Waals surface area contributed by atoms with Crippen molar-refractivity contribution in [3.05, 3.63) is 28.0 Å². The molecule has 0 aromatic carbocycles. The Hall–Kier alpha value is -1.53. The van der Waals surface area contributed by atoms with Crippen LogP contribution < -0.4 is 5.32 Å². The topological polar surface area (TPSA) is 29.1 Å². The lowest BCUT2D eigenvalue weighted by molar-refractivity contribution is -0.124. The SMILES string of the molecule is C#Cc1ccc(C2=CC(C)(C)C(=O)N2)s1. The number of carbonyl (C=O) groups is 1. The number of hydrogen-bond acceptors (Lipinski definition) is 2. The summed E-state index contributed by atoms with van der Waals surface area (Å²) < 4.78 is 0. The van der Waals surface area contributed by atoms with Gasteiger partial charge in [-0.1, -0.05) is 5.92 Å². The van der Waals surface area contributed by atoms with Crippen LogP contribution in [0.2, 0.25) is 0 Å². The third-order valence-corrected chi connectivity index (χ3v) is 3.40. The van der Waals surface area contributed by atoms with Crippen molar-refractivity contribution in [3.63, 3.8) is 0 Å². The molecule has 0 unspecified atom stereocenters. The molecule has 0 fully saturated rings. The first kappa shape index (κ1) is 10.0. The van der Waals surface area contributed by atoms with E-state index in [1.807, 2.05) is 32.1 Å². The van der Waals surface area contributed by atoms with Crippen LogP contribution in [0.1, 0.15) is 23.6 Å². The second-order valence-corrected chi connectivity index (χ2v) is 5.13. The van der Waals surface area contributed by atoms with Gasteiger partial charge in [0, 0.05) is 0 Å². The van der Waals surface area contributed by atoms with Gasteiger partial charge in [0.15, 0.2) is 0 Å². The lowest BCUT2D eigenvalue weighted by Gasteiger charge is -2.09. The standard InChI is InChI=1S/C12H11NOS/c1-4-8-5-6-10(15-8)9-7-12(2,3)11(14)13-9/h1,5-7H,2-3H3,(H,13,14). The molecule has 2 rings (SSSR count). The molecule has 0 radical (unpaired) electrons. The first-order chi connectivity index (χ1) is 7.03. The molecule has 3 heteroatoms. The Morgan fingerprint density at radius 3 is 2.67 bits per heavy atom. The highest BCUT2D eigenvalue weighted by Crippen LogP contribution is 2.32. The van der Waals surface area contributed by atoms with Crippen molar-refractivity contribution in [2.75, 3.05) is 0 Å². The van der Waals surface area contributed by atoms with Gasteiger partial charge in [-0.05, 0) is 32.1 Å². The quantitative estimate of drug-likeness (QED) is 0.718. The van der Waals surface area contributed by atoms with Crippen LogP contribution in [0, 0.1) is 17.8 Å².